The van der Waals surface area contributed by atoms with E-state index in [2.05, 4.69) is 98.7 Å². The smallest absolute Gasteiger partial charge is 0.148 e. The van der Waals surface area contributed by atoms with Crippen LogP contribution in [0.15, 0.2) is 121 Å². The van der Waals surface area contributed by atoms with Gasteiger partial charge in [-0.3, -0.25) is 0 Å². The molecule has 0 aromatic heterocycles. The van der Waals surface area contributed by atoms with Crippen molar-refractivity contribution in [1.82, 2.24) is 0 Å². The van der Waals surface area contributed by atoms with E-state index in [0.717, 1.165) is 11.1 Å². The van der Waals surface area contributed by atoms with Crippen LogP contribution < -0.4 is 0 Å². The quantitative estimate of drug-likeness (QED) is 0.211. The van der Waals surface area contributed by atoms with Crippen LogP contribution in [-0.4, -0.2) is 13.2 Å². The molecular weight excluding hydrogens is 428 g/mol. The summed E-state index contributed by atoms with van der Waals surface area (Å²) in [4.78, 5) is 0. The van der Waals surface area contributed by atoms with Crippen molar-refractivity contribution in [3.63, 3.8) is 0 Å². The molecule has 35 heavy (non-hydrogen) atoms. The lowest BCUT2D eigenvalue weighted by molar-refractivity contribution is 0.268. The number of rotatable bonds is 10. The summed E-state index contributed by atoms with van der Waals surface area (Å²) in [6, 6.07) is 17.1. The minimum atomic E-state index is -0.528. The SMILES string of the molecule is C#CCOC(=C)/C=C\C(=C/C)C1(/C(C)=C/C=C(\C=C)OCC#C)c2ccccc2-c2ccccc21. The molecule has 3 rings (SSSR count). The molecule has 0 saturated carbocycles. The maximum atomic E-state index is 5.62. The lowest BCUT2D eigenvalue weighted by atomic mass is 9.66. The van der Waals surface area contributed by atoms with Gasteiger partial charge in [-0.25, -0.2) is 0 Å². The lowest BCUT2D eigenvalue weighted by Gasteiger charge is -2.35. The first kappa shape index (κ1) is 25.2. The van der Waals surface area contributed by atoms with Crippen molar-refractivity contribution in [2.75, 3.05) is 13.2 Å². The van der Waals surface area contributed by atoms with Crippen LogP contribution >= 0.6 is 0 Å². The van der Waals surface area contributed by atoms with Gasteiger partial charge in [0.1, 0.15) is 24.7 Å². The van der Waals surface area contributed by atoms with Crippen LogP contribution in [-0.2, 0) is 14.9 Å². The molecule has 174 valence electrons. The molecule has 0 bridgehead atoms. The average molecular weight is 459 g/mol. The van der Waals surface area contributed by atoms with Gasteiger partial charge >= 0.3 is 0 Å². The van der Waals surface area contributed by atoms with Crippen molar-refractivity contribution in [3.8, 4) is 35.8 Å². The van der Waals surface area contributed by atoms with Crippen LogP contribution in [0.5, 0.6) is 0 Å². The summed E-state index contributed by atoms with van der Waals surface area (Å²) in [6.07, 6.45) is 22.4. The highest BCUT2D eigenvalue weighted by atomic mass is 16.5. The van der Waals surface area contributed by atoms with Crippen LogP contribution in [0.2, 0.25) is 0 Å². The van der Waals surface area contributed by atoms with Crippen LogP contribution in [0.3, 0.4) is 0 Å². The topological polar surface area (TPSA) is 18.5 Å². The van der Waals surface area contributed by atoms with Crippen molar-refractivity contribution in [1.29, 1.82) is 0 Å². The molecule has 0 radical (unpaired) electrons. The molecule has 0 aliphatic heterocycles. The first-order valence-corrected chi connectivity index (χ1v) is 11.4. The number of allylic oxidation sites excluding steroid dienone is 8. The molecule has 2 aromatic rings. The molecule has 0 heterocycles. The van der Waals surface area contributed by atoms with Crippen molar-refractivity contribution in [2.45, 2.75) is 19.3 Å². The molecule has 2 heteroatoms. The molecule has 0 unspecified atom stereocenters. The second kappa shape index (κ2) is 11.6. The summed E-state index contributed by atoms with van der Waals surface area (Å²) >= 11 is 0. The maximum absolute atomic E-state index is 5.62. The average Bonchev–Trinajstić information content (AvgIpc) is 3.19. The van der Waals surface area contributed by atoms with Gasteiger partial charge in [0.15, 0.2) is 0 Å². The molecule has 0 atom stereocenters. The number of fused-ring (bicyclic) bond motifs is 3. The molecule has 0 saturated heterocycles. The normalized spacial score (nSPS) is 14.5. The van der Waals surface area contributed by atoms with Gasteiger partial charge < -0.3 is 9.47 Å². The number of hydrogen-bond acceptors (Lipinski definition) is 2. The standard InChI is InChI=1S/C33H30O2/c1-7-23-34-26(6)20-21-27(9-3)33(25(5)19-22-28(10-4)35-24-8-2)31-17-13-11-15-29(31)30-16-12-14-18-32(30)33/h1-2,9-22H,4,6,23-24H2,3,5H3/b21-20-,25-19+,27-9+,28-22+. The highest BCUT2D eigenvalue weighted by molar-refractivity contribution is 5.86. The zero-order valence-electron chi connectivity index (χ0n) is 20.4. The molecule has 2 nitrogen and oxygen atoms in total. The number of terminal acetylenes is 2. The van der Waals surface area contributed by atoms with Crippen molar-refractivity contribution in [2.24, 2.45) is 0 Å². The summed E-state index contributed by atoms with van der Waals surface area (Å²) in [6.45, 7) is 12.4. The predicted molar refractivity (Wildman–Crippen MR) is 146 cm³/mol. The molecule has 0 spiro atoms. The molecule has 0 N–H and O–H groups in total. The van der Waals surface area contributed by atoms with Crippen molar-refractivity contribution < 1.29 is 9.47 Å². The molecular formula is C33H30O2. The van der Waals surface area contributed by atoms with E-state index >= 15 is 0 Å². The van der Waals surface area contributed by atoms with E-state index in [4.69, 9.17) is 22.3 Å². The Labute approximate surface area is 209 Å². The summed E-state index contributed by atoms with van der Waals surface area (Å²) in [5, 5.41) is 0. The van der Waals surface area contributed by atoms with Gasteiger partial charge in [-0.1, -0.05) is 97.3 Å². The summed E-state index contributed by atoms with van der Waals surface area (Å²) in [5.41, 5.74) is 6.52. The van der Waals surface area contributed by atoms with Gasteiger partial charge in [-0.15, -0.1) is 12.8 Å². The zero-order chi connectivity index (χ0) is 25.3. The molecule has 0 fully saturated rings. The maximum Gasteiger partial charge on any atom is 0.148 e. The van der Waals surface area contributed by atoms with Gasteiger partial charge in [0, 0.05) is 0 Å². The first-order chi connectivity index (χ1) is 17.0. The van der Waals surface area contributed by atoms with Crippen LogP contribution in [0, 0.1) is 24.7 Å². The third-order valence-electron chi connectivity index (χ3n) is 6.10. The minimum absolute atomic E-state index is 0.177. The van der Waals surface area contributed by atoms with E-state index in [1.165, 1.54) is 22.3 Å². The third kappa shape index (κ3) is 4.93. The fourth-order valence-electron chi connectivity index (χ4n) is 4.63. The van der Waals surface area contributed by atoms with Crippen molar-refractivity contribution in [3.05, 3.63) is 132 Å². The van der Waals surface area contributed by atoms with Crippen molar-refractivity contribution >= 4 is 0 Å². The fourth-order valence-corrected chi connectivity index (χ4v) is 4.63. The van der Waals surface area contributed by atoms with Gasteiger partial charge in [-0.05, 0) is 59.9 Å². The van der Waals surface area contributed by atoms with Crippen LogP contribution in [0.1, 0.15) is 25.0 Å². The Morgan fingerprint density at radius 3 is 2.03 bits per heavy atom. The monoisotopic (exact) mass is 458 g/mol. The fraction of sp³-hybridized carbons (Fsp3) is 0.152. The van der Waals surface area contributed by atoms with E-state index in [9.17, 15) is 0 Å². The molecule has 2 aromatic carbocycles. The Bertz CT molecular complexity index is 1270. The summed E-state index contributed by atoms with van der Waals surface area (Å²) in [7, 11) is 0. The molecule has 0 amide bonds. The second-order valence-corrected chi connectivity index (χ2v) is 7.99. The zero-order valence-corrected chi connectivity index (χ0v) is 20.4. The summed E-state index contributed by atoms with van der Waals surface area (Å²) in [5.74, 6) is 6.10. The van der Waals surface area contributed by atoms with E-state index < -0.39 is 5.41 Å². The molecule has 1 aliphatic rings. The Kier molecular flexibility index (Phi) is 8.39. The van der Waals surface area contributed by atoms with E-state index in [1.807, 2.05) is 19.1 Å². The molecule has 1 aliphatic carbocycles. The van der Waals surface area contributed by atoms with Gasteiger partial charge in [-0.2, -0.15) is 0 Å². The highest BCUT2D eigenvalue weighted by Crippen LogP contribution is 2.56. The minimum Gasteiger partial charge on any atom is -0.482 e. The van der Waals surface area contributed by atoms with E-state index in [0.29, 0.717) is 11.5 Å². The third-order valence-corrected chi connectivity index (χ3v) is 6.10. The Morgan fingerprint density at radius 2 is 1.49 bits per heavy atom. The lowest BCUT2D eigenvalue weighted by Crippen LogP contribution is -2.29. The Morgan fingerprint density at radius 1 is 0.914 bits per heavy atom. The number of hydrogen-bond donors (Lipinski definition) is 0. The number of ether oxygens (including phenoxy) is 2. The predicted octanol–water partition coefficient (Wildman–Crippen LogP) is 7.29. The van der Waals surface area contributed by atoms with E-state index in [1.54, 1.807) is 6.08 Å². The van der Waals surface area contributed by atoms with Gasteiger partial charge in [0.25, 0.3) is 0 Å². The van der Waals surface area contributed by atoms with Crippen LogP contribution in [0.25, 0.3) is 11.1 Å². The Hall–Kier alpha value is -4.40. The summed E-state index contributed by atoms with van der Waals surface area (Å²) < 4.78 is 11.1. The largest absolute Gasteiger partial charge is 0.482 e. The second-order valence-electron chi connectivity index (χ2n) is 7.99. The Balaban J connectivity index is 2.26. The van der Waals surface area contributed by atoms with E-state index in [-0.39, 0.29) is 13.2 Å². The first-order valence-electron chi connectivity index (χ1n) is 11.4. The van der Waals surface area contributed by atoms with Gasteiger partial charge in [0.05, 0.1) is 5.41 Å². The van der Waals surface area contributed by atoms with Gasteiger partial charge in [0.2, 0.25) is 0 Å². The van der Waals surface area contributed by atoms with Crippen LogP contribution in [0.4, 0.5) is 0 Å². The highest BCUT2D eigenvalue weighted by Gasteiger charge is 2.45. The number of benzene rings is 2.